The van der Waals surface area contributed by atoms with Gasteiger partial charge in [-0.1, -0.05) is 5.16 Å². The number of carbonyl (C=O) groups excluding carboxylic acids is 1. The zero-order valence-corrected chi connectivity index (χ0v) is 7.70. The number of nitrogens with one attached hydrogen (secondary N) is 1. The maximum Gasteiger partial charge on any atom is 0.256 e. The Kier molecular flexibility index (Phi) is 3.02. The van der Waals surface area contributed by atoms with Gasteiger partial charge in [-0.25, -0.2) is 0 Å². The van der Waals surface area contributed by atoms with Gasteiger partial charge >= 0.3 is 0 Å². The third-order valence-electron chi connectivity index (χ3n) is 1.58. The minimum absolute atomic E-state index is 0.0517. The van der Waals surface area contributed by atoms with Crippen LogP contribution in [0.3, 0.4) is 0 Å². The number of nitrogens with two attached hydrogens (primary N) is 1. The molecule has 0 spiro atoms. The Bertz CT molecular complexity index is 293. The number of hydrogen-bond donors (Lipinski definition) is 2. The zero-order valence-electron chi connectivity index (χ0n) is 7.70. The van der Waals surface area contributed by atoms with E-state index >= 15 is 0 Å². The van der Waals surface area contributed by atoms with E-state index in [1.165, 1.54) is 6.20 Å². The Balaban J connectivity index is 2.54. The Labute approximate surface area is 76.3 Å². The van der Waals surface area contributed by atoms with E-state index < -0.39 is 0 Å². The van der Waals surface area contributed by atoms with Crippen molar-refractivity contribution in [1.29, 1.82) is 0 Å². The Hall–Kier alpha value is -1.36. The van der Waals surface area contributed by atoms with Crippen LogP contribution in [0.15, 0.2) is 10.7 Å². The molecule has 3 N–H and O–H groups in total. The van der Waals surface area contributed by atoms with Gasteiger partial charge in [0.15, 0.2) is 0 Å². The van der Waals surface area contributed by atoms with Gasteiger partial charge in [-0.15, -0.1) is 0 Å². The number of hydrogen-bond acceptors (Lipinski definition) is 4. The van der Waals surface area contributed by atoms with Crippen LogP contribution in [-0.4, -0.2) is 23.7 Å². The van der Waals surface area contributed by atoms with E-state index in [0.29, 0.717) is 17.9 Å². The Morgan fingerprint density at radius 3 is 3.00 bits per heavy atom. The molecule has 1 aromatic heterocycles. The predicted octanol–water partition coefficient (Wildman–Crippen LogP) is 0.0600. The van der Waals surface area contributed by atoms with E-state index in [-0.39, 0.29) is 11.9 Å². The summed E-state index contributed by atoms with van der Waals surface area (Å²) in [5.74, 6) is 0.318. The largest absolute Gasteiger partial charge is 0.361 e. The average molecular weight is 183 g/mol. The number of aromatic nitrogens is 1. The lowest BCUT2D eigenvalue weighted by Gasteiger charge is -2.05. The molecule has 1 rings (SSSR count). The highest BCUT2D eigenvalue weighted by Crippen LogP contribution is 2.04. The highest BCUT2D eigenvalue weighted by Gasteiger charge is 2.12. The summed E-state index contributed by atoms with van der Waals surface area (Å²) in [6, 6.07) is -0.0517. The molecule has 13 heavy (non-hydrogen) atoms. The quantitative estimate of drug-likeness (QED) is 0.694. The monoisotopic (exact) mass is 183 g/mol. The first kappa shape index (κ1) is 9.73. The van der Waals surface area contributed by atoms with Crippen LogP contribution in [0.5, 0.6) is 0 Å². The van der Waals surface area contributed by atoms with E-state index in [4.69, 9.17) is 10.3 Å². The summed E-state index contributed by atoms with van der Waals surface area (Å²) in [5, 5.41) is 6.16. The smallest absolute Gasteiger partial charge is 0.256 e. The normalized spacial score (nSPS) is 12.5. The van der Waals surface area contributed by atoms with Crippen LogP contribution in [0.2, 0.25) is 0 Å². The third-order valence-corrected chi connectivity index (χ3v) is 1.58. The average Bonchev–Trinajstić information content (AvgIpc) is 2.47. The van der Waals surface area contributed by atoms with Crippen molar-refractivity contribution in [2.75, 3.05) is 6.54 Å². The molecule has 1 amide bonds. The van der Waals surface area contributed by atoms with Gasteiger partial charge in [-0.05, 0) is 13.8 Å². The summed E-state index contributed by atoms with van der Waals surface area (Å²) >= 11 is 0. The summed E-state index contributed by atoms with van der Waals surface area (Å²) in [6.07, 6.45) is 1.39. The first-order valence-corrected chi connectivity index (χ1v) is 4.06. The van der Waals surface area contributed by atoms with Gasteiger partial charge in [0, 0.05) is 12.6 Å². The summed E-state index contributed by atoms with van der Waals surface area (Å²) in [5.41, 5.74) is 5.94. The molecule has 1 heterocycles. The van der Waals surface area contributed by atoms with Gasteiger partial charge in [-0.2, -0.15) is 0 Å². The van der Waals surface area contributed by atoms with E-state index in [1.807, 2.05) is 6.92 Å². The van der Waals surface area contributed by atoms with Crippen LogP contribution in [0.4, 0.5) is 0 Å². The Morgan fingerprint density at radius 2 is 2.54 bits per heavy atom. The molecule has 0 aliphatic rings. The van der Waals surface area contributed by atoms with Gasteiger partial charge in [-0.3, -0.25) is 4.79 Å². The highest BCUT2D eigenvalue weighted by atomic mass is 16.5. The van der Waals surface area contributed by atoms with E-state index in [1.54, 1.807) is 6.92 Å². The molecule has 0 bridgehead atoms. The topological polar surface area (TPSA) is 81.2 Å². The van der Waals surface area contributed by atoms with Crippen LogP contribution < -0.4 is 11.1 Å². The van der Waals surface area contributed by atoms with E-state index in [9.17, 15) is 4.79 Å². The molecule has 0 radical (unpaired) electrons. The van der Waals surface area contributed by atoms with Gasteiger partial charge in [0.25, 0.3) is 5.91 Å². The fourth-order valence-corrected chi connectivity index (χ4v) is 0.866. The SMILES string of the molecule is Cc1oncc1C(=O)NCC(C)N. The third kappa shape index (κ3) is 2.55. The molecular formula is C8H13N3O2. The lowest BCUT2D eigenvalue weighted by molar-refractivity contribution is 0.0950. The van der Waals surface area contributed by atoms with Crippen molar-refractivity contribution in [3.63, 3.8) is 0 Å². The number of carbonyl (C=O) groups is 1. The predicted molar refractivity (Wildman–Crippen MR) is 47.2 cm³/mol. The number of rotatable bonds is 3. The minimum Gasteiger partial charge on any atom is -0.361 e. The fraction of sp³-hybridized carbons (Fsp3) is 0.500. The summed E-state index contributed by atoms with van der Waals surface area (Å²) < 4.78 is 4.75. The molecule has 5 heteroatoms. The van der Waals surface area contributed by atoms with Crippen LogP contribution in [0.25, 0.3) is 0 Å². The second kappa shape index (κ2) is 4.04. The standard InChI is InChI=1S/C8H13N3O2/c1-5(9)3-10-8(12)7-4-11-13-6(7)2/h4-5H,3,9H2,1-2H3,(H,10,12). The number of nitrogens with zero attached hydrogens (tertiary/aromatic N) is 1. The van der Waals surface area contributed by atoms with Crippen molar-refractivity contribution >= 4 is 5.91 Å². The second-order valence-corrected chi connectivity index (χ2v) is 2.98. The second-order valence-electron chi connectivity index (χ2n) is 2.98. The van der Waals surface area contributed by atoms with Gasteiger partial charge in [0.05, 0.1) is 6.20 Å². The zero-order chi connectivity index (χ0) is 9.84. The Morgan fingerprint density at radius 1 is 1.85 bits per heavy atom. The molecular weight excluding hydrogens is 170 g/mol. The van der Waals surface area contributed by atoms with Crippen LogP contribution >= 0.6 is 0 Å². The van der Waals surface area contributed by atoms with Crippen molar-refractivity contribution in [3.05, 3.63) is 17.5 Å². The van der Waals surface area contributed by atoms with Crippen molar-refractivity contribution in [2.45, 2.75) is 19.9 Å². The summed E-state index contributed by atoms with van der Waals surface area (Å²) in [7, 11) is 0. The molecule has 0 aliphatic carbocycles. The lowest BCUT2D eigenvalue weighted by Crippen LogP contribution is -2.35. The number of amides is 1. The molecule has 0 saturated heterocycles. The van der Waals surface area contributed by atoms with Crippen LogP contribution in [-0.2, 0) is 0 Å². The van der Waals surface area contributed by atoms with Crippen molar-refractivity contribution in [1.82, 2.24) is 10.5 Å². The van der Waals surface area contributed by atoms with Crippen molar-refractivity contribution in [2.24, 2.45) is 5.73 Å². The van der Waals surface area contributed by atoms with E-state index in [2.05, 4.69) is 10.5 Å². The van der Waals surface area contributed by atoms with Crippen LogP contribution in [0, 0.1) is 6.92 Å². The first-order chi connectivity index (χ1) is 6.11. The molecule has 5 nitrogen and oxygen atoms in total. The van der Waals surface area contributed by atoms with Crippen molar-refractivity contribution in [3.8, 4) is 0 Å². The van der Waals surface area contributed by atoms with Crippen LogP contribution in [0.1, 0.15) is 23.0 Å². The highest BCUT2D eigenvalue weighted by molar-refractivity contribution is 5.94. The summed E-state index contributed by atoms with van der Waals surface area (Å²) in [4.78, 5) is 11.4. The molecule has 0 fully saturated rings. The lowest BCUT2D eigenvalue weighted by atomic mass is 10.2. The van der Waals surface area contributed by atoms with Gasteiger partial charge < -0.3 is 15.6 Å². The minimum atomic E-state index is -0.198. The number of aryl methyl sites for hydroxylation is 1. The molecule has 1 aromatic rings. The molecule has 0 aliphatic heterocycles. The molecule has 1 atom stereocenters. The maximum atomic E-state index is 11.4. The van der Waals surface area contributed by atoms with Gasteiger partial charge in [0.2, 0.25) is 0 Å². The van der Waals surface area contributed by atoms with Crippen molar-refractivity contribution < 1.29 is 9.32 Å². The van der Waals surface area contributed by atoms with Gasteiger partial charge in [0.1, 0.15) is 11.3 Å². The van der Waals surface area contributed by atoms with E-state index in [0.717, 1.165) is 0 Å². The molecule has 72 valence electrons. The molecule has 0 aromatic carbocycles. The summed E-state index contributed by atoms with van der Waals surface area (Å²) in [6.45, 7) is 3.96. The molecule has 1 unspecified atom stereocenters. The first-order valence-electron chi connectivity index (χ1n) is 4.06. The maximum absolute atomic E-state index is 11.4. The molecule has 0 saturated carbocycles. The fourth-order valence-electron chi connectivity index (χ4n) is 0.866.